The van der Waals surface area contributed by atoms with E-state index < -0.39 is 11.5 Å². The summed E-state index contributed by atoms with van der Waals surface area (Å²) in [5.74, 6) is 0.671. The Balaban J connectivity index is 1.22. The number of carbonyl (C=O) groups excluding carboxylic acids is 2. The maximum Gasteiger partial charge on any atom is 0.410 e. The first-order valence-corrected chi connectivity index (χ1v) is 19.4. The zero-order valence-corrected chi connectivity index (χ0v) is 32.9. The van der Waals surface area contributed by atoms with Crippen LogP contribution in [0.4, 0.5) is 4.79 Å². The maximum atomic E-state index is 15.0. The van der Waals surface area contributed by atoms with Gasteiger partial charge in [0.05, 0.1) is 22.6 Å². The molecule has 6 rings (SSSR count). The summed E-state index contributed by atoms with van der Waals surface area (Å²) in [6.45, 7) is 9.15. The summed E-state index contributed by atoms with van der Waals surface area (Å²) >= 11 is 19.4. The molecule has 0 unspecified atom stereocenters. The van der Waals surface area contributed by atoms with Crippen molar-refractivity contribution in [3.8, 4) is 11.5 Å². The van der Waals surface area contributed by atoms with Gasteiger partial charge in [0, 0.05) is 36.8 Å². The van der Waals surface area contributed by atoms with Gasteiger partial charge in [0.2, 0.25) is 5.91 Å². The molecule has 2 saturated heterocycles. The van der Waals surface area contributed by atoms with Crippen molar-refractivity contribution in [2.75, 3.05) is 26.9 Å². The highest BCUT2D eigenvalue weighted by molar-refractivity contribution is 6.37. The number of methoxy groups -OCH3 is 1. The highest BCUT2D eigenvalue weighted by atomic mass is 35.5. The average Bonchev–Trinajstić information content (AvgIpc) is 3.88. The molecule has 2 aliphatic heterocycles. The fraction of sp³-hybridized carbons (Fsp3) is 0.512. The molecule has 11 heteroatoms. The summed E-state index contributed by atoms with van der Waals surface area (Å²) in [5.41, 5.74) is 3.41. The zero-order valence-electron chi connectivity index (χ0n) is 30.6. The van der Waals surface area contributed by atoms with E-state index in [1.807, 2.05) is 73.9 Å². The Bertz CT molecular complexity index is 1720. The van der Waals surface area contributed by atoms with Gasteiger partial charge in [-0.25, -0.2) is 4.79 Å². The minimum Gasteiger partial charge on any atom is -0.490 e. The van der Waals surface area contributed by atoms with Crippen molar-refractivity contribution in [1.29, 1.82) is 0 Å². The Kier molecular flexibility index (Phi) is 12.2. The molecular formula is C41H49Cl3N2O6. The summed E-state index contributed by atoms with van der Waals surface area (Å²) in [4.78, 5) is 32.6. The van der Waals surface area contributed by atoms with Gasteiger partial charge in [0.1, 0.15) is 24.6 Å². The van der Waals surface area contributed by atoms with Gasteiger partial charge in [0.15, 0.2) is 5.75 Å². The van der Waals surface area contributed by atoms with Crippen molar-refractivity contribution in [2.24, 2.45) is 5.92 Å². The number of hydrogen-bond acceptors (Lipinski definition) is 6. The molecule has 0 spiro atoms. The van der Waals surface area contributed by atoms with Gasteiger partial charge in [-0.3, -0.25) is 4.79 Å². The van der Waals surface area contributed by atoms with Crippen LogP contribution in [-0.2, 0) is 27.2 Å². The Hall–Kier alpha value is -3.17. The number of rotatable bonds is 13. The van der Waals surface area contributed by atoms with Crippen LogP contribution in [0.5, 0.6) is 11.5 Å². The lowest BCUT2D eigenvalue weighted by Crippen LogP contribution is -2.56. The van der Waals surface area contributed by atoms with E-state index >= 15 is 4.79 Å². The number of halogens is 3. The summed E-state index contributed by atoms with van der Waals surface area (Å²) in [5, 5.41) is 1.57. The number of aryl methyl sites for hydroxylation is 1. The van der Waals surface area contributed by atoms with Crippen LogP contribution in [0.25, 0.3) is 0 Å². The largest absolute Gasteiger partial charge is 0.490 e. The number of nitrogens with zero attached hydrogens (tertiary/aromatic N) is 2. The first-order chi connectivity index (χ1) is 24.8. The third kappa shape index (κ3) is 9.12. The van der Waals surface area contributed by atoms with Crippen molar-refractivity contribution < 1.29 is 28.5 Å². The van der Waals surface area contributed by atoms with Crippen LogP contribution in [0.1, 0.15) is 81.0 Å². The molecule has 2 heterocycles. The molecule has 1 aliphatic carbocycles. The van der Waals surface area contributed by atoms with E-state index in [9.17, 15) is 4.79 Å². The molecule has 0 aromatic heterocycles. The lowest BCUT2D eigenvalue weighted by molar-refractivity contribution is -0.141. The standard InChI is InChI=1S/C41H49Cl3N2O6/c1-25-20-34(43)38(35(44)21-25)51-19-18-50-31-12-7-27(8-13-31)32-23-30-11-15-36(46(30)40(48)52-41(2,3)4)37(32)39(47)45(29-9-10-29)24-28-22-26(16-17-49-5)6-14-33(28)42/h6-8,12-14,20-22,29-30,32,36-37H,9-11,15-19,23-24H2,1-5H3/t30-,32+,36+,37+/m0/s1. The summed E-state index contributed by atoms with van der Waals surface area (Å²) in [6.07, 6.45) is 4.57. The fourth-order valence-corrected chi connectivity index (χ4v) is 8.58. The Morgan fingerprint density at radius 2 is 1.56 bits per heavy atom. The summed E-state index contributed by atoms with van der Waals surface area (Å²) < 4.78 is 23.0. The molecule has 0 radical (unpaired) electrons. The number of amides is 2. The van der Waals surface area contributed by atoms with Crippen molar-refractivity contribution in [3.05, 3.63) is 91.9 Å². The Morgan fingerprint density at radius 1 is 0.865 bits per heavy atom. The van der Waals surface area contributed by atoms with Gasteiger partial charge in [-0.2, -0.15) is 0 Å². The predicted molar refractivity (Wildman–Crippen MR) is 205 cm³/mol. The molecule has 3 fully saturated rings. The molecule has 3 aliphatic rings. The van der Waals surface area contributed by atoms with E-state index in [4.69, 9.17) is 53.8 Å². The normalized spacial score (nSPS) is 21.2. The number of ether oxygens (including phenoxy) is 4. The minimum atomic E-state index is -0.642. The third-order valence-electron chi connectivity index (χ3n) is 10.2. The van der Waals surface area contributed by atoms with Gasteiger partial charge in [-0.15, -0.1) is 0 Å². The topological polar surface area (TPSA) is 77.5 Å². The second kappa shape index (κ2) is 16.5. The van der Waals surface area contributed by atoms with Crippen LogP contribution in [-0.4, -0.2) is 72.5 Å². The molecule has 280 valence electrons. The van der Waals surface area contributed by atoms with Gasteiger partial charge < -0.3 is 28.7 Å². The zero-order chi connectivity index (χ0) is 37.2. The van der Waals surface area contributed by atoms with Crippen LogP contribution in [0.15, 0.2) is 54.6 Å². The Morgan fingerprint density at radius 3 is 2.21 bits per heavy atom. The van der Waals surface area contributed by atoms with Crippen LogP contribution in [0.3, 0.4) is 0 Å². The first-order valence-electron chi connectivity index (χ1n) is 18.2. The second-order valence-corrected chi connectivity index (χ2v) is 16.5. The highest BCUT2D eigenvalue weighted by Crippen LogP contribution is 2.49. The molecule has 0 N–H and O–H groups in total. The molecule has 2 bridgehead atoms. The lowest BCUT2D eigenvalue weighted by atomic mass is 9.75. The monoisotopic (exact) mass is 770 g/mol. The van der Waals surface area contributed by atoms with E-state index in [1.165, 1.54) is 0 Å². The molecule has 1 saturated carbocycles. The van der Waals surface area contributed by atoms with Crippen LogP contribution < -0.4 is 9.47 Å². The number of carbonyl (C=O) groups is 2. The summed E-state index contributed by atoms with van der Waals surface area (Å²) in [7, 11) is 1.69. The van der Waals surface area contributed by atoms with Crippen molar-refractivity contribution in [2.45, 2.75) is 102 Å². The Labute approximate surface area is 322 Å². The smallest absolute Gasteiger partial charge is 0.410 e. The third-order valence-corrected chi connectivity index (χ3v) is 11.1. The number of fused-ring (bicyclic) bond motifs is 2. The van der Waals surface area contributed by atoms with Gasteiger partial charge in [0.25, 0.3) is 0 Å². The van der Waals surface area contributed by atoms with Gasteiger partial charge >= 0.3 is 6.09 Å². The predicted octanol–water partition coefficient (Wildman–Crippen LogP) is 9.66. The fourth-order valence-electron chi connectivity index (χ4n) is 7.70. The molecule has 2 amide bonds. The number of hydrogen-bond donors (Lipinski definition) is 0. The molecule has 52 heavy (non-hydrogen) atoms. The van der Waals surface area contributed by atoms with E-state index in [2.05, 4.69) is 18.2 Å². The average molecular weight is 772 g/mol. The molecule has 3 aromatic rings. The molecule has 8 nitrogen and oxygen atoms in total. The van der Waals surface area contributed by atoms with E-state index in [1.54, 1.807) is 7.11 Å². The van der Waals surface area contributed by atoms with Crippen LogP contribution in [0.2, 0.25) is 15.1 Å². The van der Waals surface area contributed by atoms with E-state index in [-0.39, 0.29) is 42.7 Å². The van der Waals surface area contributed by atoms with Crippen molar-refractivity contribution in [3.63, 3.8) is 0 Å². The highest BCUT2D eigenvalue weighted by Gasteiger charge is 2.55. The van der Waals surface area contributed by atoms with E-state index in [0.29, 0.717) is 52.7 Å². The van der Waals surface area contributed by atoms with Crippen LogP contribution >= 0.6 is 34.8 Å². The molecule has 4 atom stereocenters. The van der Waals surface area contributed by atoms with Crippen molar-refractivity contribution in [1.82, 2.24) is 9.80 Å². The molecule has 3 aromatic carbocycles. The van der Waals surface area contributed by atoms with Crippen LogP contribution in [0, 0.1) is 12.8 Å². The van der Waals surface area contributed by atoms with Gasteiger partial charge in [-0.1, -0.05) is 59.1 Å². The minimum absolute atomic E-state index is 0.0105. The quantitative estimate of drug-likeness (QED) is 0.161. The number of benzene rings is 3. The lowest BCUT2D eigenvalue weighted by Gasteiger charge is -2.45. The van der Waals surface area contributed by atoms with Crippen molar-refractivity contribution >= 4 is 46.8 Å². The first kappa shape index (κ1) is 38.6. The van der Waals surface area contributed by atoms with Gasteiger partial charge in [-0.05, 0) is 125 Å². The number of piperidine rings is 1. The van der Waals surface area contributed by atoms with E-state index in [0.717, 1.165) is 54.4 Å². The second-order valence-electron chi connectivity index (χ2n) is 15.2. The summed E-state index contributed by atoms with van der Waals surface area (Å²) in [6, 6.07) is 17.5. The SMILES string of the molecule is COCCc1ccc(Cl)c(CN(C(=O)[C@@H]2[C@@H](c3ccc(OCCOc4c(Cl)cc(C)cc4Cl)cc3)C[C@@H]3CC[C@H]2N3C(=O)OC(C)(C)C)C2CC2)c1. The molecular weight excluding hydrogens is 723 g/mol. The maximum absolute atomic E-state index is 15.0.